The van der Waals surface area contributed by atoms with Gasteiger partial charge in [0.05, 0.1) is 0 Å². The third-order valence-corrected chi connectivity index (χ3v) is 7.54. The predicted octanol–water partition coefficient (Wildman–Crippen LogP) is 2.19. The fourth-order valence-electron chi connectivity index (χ4n) is 3.81. The van der Waals surface area contributed by atoms with E-state index in [1.54, 1.807) is 24.5 Å². The summed E-state index contributed by atoms with van der Waals surface area (Å²) in [7, 11) is -3.83. The highest BCUT2D eigenvalue weighted by molar-refractivity contribution is 7.89. The number of amides is 1. The highest BCUT2D eigenvalue weighted by Crippen LogP contribution is 2.54. The van der Waals surface area contributed by atoms with Gasteiger partial charge in [0, 0.05) is 37.1 Å². The molecule has 0 radical (unpaired) electrons. The normalized spacial score (nSPS) is 21.7. The zero-order valence-electron chi connectivity index (χ0n) is 14.6. The summed E-state index contributed by atoms with van der Waals surface area (Å²) in [5.41, 5.74) is 0.510. The van der Waals surface area contributed by atoms with Gasteiger partial charge >= 0.3 is 0 Å². The van der Waals surface area contributed by atoms with Gasteiger partial charge in [-0.05, 0) is 48.9 Å². The van der Waals surface area contributed by atoms with E-state index in [1.807, 2.05) is 0 Å². The Morgan fingerprint density at radius 3 is 2.48 bits per heavy atom. The molecule has 1 aliphatic carbocycles. The first-order valence-electron chi connectivity index (χ1n) is 8.88. The number of carbonyl (C=O) groups is 1. The van der Waals surface area contributed by atoms with Crippen molar-refractivity contribution in [1.82, 2.24) is 14.6 Å². The Morgan fingerprint density at radius 1 is 1.15 bits per heavy atom. The van der Waals surface area contributed by atoms with Crippen LogP contribution in [0.5, 0.6) is 0 Å². The van der Waals surface area contributed by atoms with Gasteiger partial charge in [-0.3, -0.25) is 9.78 Å². The minimum atomic E-state index is -3.83. The van der Waals surface area contributed by atoms with E-state index in [9.17, 15) is 17.6 Å². The quantitative estimate of drug-likeness (QED) is 0.869. The number of piperidine rings is 1. The van der Waals surface area contributed by atoms with Gasteiger partial charge in [0.1, 0.15) is 10.7 Å². The lowest BCUT2D eigenvalue weighted by atomic mass is 9.94. The SMILES string of the molecule is O=C(NC1CC12CCN(S(=O)(=O)c1ccccc1F)CC2)c1ccncc1. The number of benzene rings is 1. The monoisotopic (exact) mass is 389 g/mol. The second-order valence-corrected chi connectivity index (χ2v) is 9.07. The number of hydrogen-bond donors (Lipinski definition) is 1. The first-order valence-corrected chi connectivity index (χ1v) is 10.3. The van der Waals surface area contributed by atoms with E-state index >= 15 is 0 Å². The van der Waals surface area contributed by atoms with Crippen LogP contribution in [-0.2, 0) is 10.0 Å². The molecule has 1 amide bonds. The molecule has 1 saturated carbocycles. The molecule has 1 saturated heterocycles. The lowest BCUT2D eigenvalue weighted by Gasteiger charge is -2.32. The molecule has 1 aromatic heterocycles. The minimum absolute atomic E-state index is 0.0516. The van der Waals surface area contributed by atoms with E-state index in [1.165, 1.54) is 22.5 Å². The van der Waals surface area contributed by atoms with Crippen LogP contribution in [0.25, 0.3) is 0 Å². The van der Waals surface area contributed by atoms with Crippen LogP contribution >= 0.6 is 0 Å². The summed E-state index contributed by atoms with van der Waals surface area (Å²) in [6, 6.07) is 8.82. The third kappa shape index (κ3) is 3.35. The largest absolute Gasteiger partial charge is 0.349 e. The molecule has 2 fully saturated rings. The Bertz CT molecular complexity index is 957. The van der Waals surface area contributed by atoms with Crippen LogP contribution in [0.1, 0.15) is 29.6 Å². The predicted molar refractivity (Wildman–Crippen MR) is 96.9 cm³/mol. The van der Waals surface area contributed by atoms with Gasteiger partial charge in [0.25, 0.3) is 5.91 Å². The number of nitrogens with zero attached hydrogens (tertiary/aromatic N) is 2. The number of aromatic nitrogens is 1. The van der Waals surface area contributed by atoms with E-state index in [0.717, 1.165) is 12.5 Å². The number of sulfonamides is 1. The summed E-state index contributed by atoms with van der Waals surface area (Å²) in [4.78, 5) is 15.9. The molecule has 142 valence electrons. The van der Waals surface area contributed by atoms with E-state index in [4.69, 9.17) is 0 Å². The molecule has 1 atom stereocenters. The Balaban J connectivity index is 1.39. The first kappa shape index (κ1) is 18.1. The first-order chi connectivity index (χ1) is 12.9. The summed E-state index contributed by atoms with van der Waals surface area (Å²) in [5.74, 6) is -0.868. The molecular weight excluding hydrogens is 369 g/mol. The average molecular weight is 389 g/mol. The van der Waals surface area contributed by atoms with Crippen LogP contribution in [0.3, 0.4) is 0 Å². The van der Waals surface area contributed by atoms with Gasteiger partial charge in [-0.25, -0.2) is 12.8 Å². The lowest BCUT2D eigenvalue weighted by Crippen LogP contribution is -2.41. The summed E-state index contributed by atoms with van der Waals surface area (Å²) >= 11 is 0. The van der Waals surface area contributed by atoms with Crippen LogP contribution in [0.4, 0.5) is 4.39 Å². The molecule has 4 rings (SSSR count). The van der Waals surface area contributed by atoms with Crippen molar-refractivity contribution in [1.29, 1.82) is 0 Å². The van der Waals surface area contributed by atoms with Crippen LogP contribution in [0, 0.1) is 11.2 Å². The van der Waals surface area contributed by atoms with Gasteiger partial charge < -0.3 is 5.32 Å². The summed E-state index contributed by atoms with van der Waals surface area (Å²) in [5, 5.41) is 3.03. The number of nitrogens with one attached hydrogen (secondary N) is 1. The third-order valence-electron chi connectivity index (χ3n) is 5.61. The molecule has 8 heteroatoms. The molecule has 2 aliphatic rings. The van der Waals surface area contributed by atoms with Crippen LogP contribution in [-0.4, -0.2) is 42.7 Å². The number of hydrogen-bond acceptors (Lipinski definition) is 4. The van der Waals surface area contributed by atoms with Gasteiger partial charge in [0.15, 0.2) is 0 Å². The zero-order valence-corrected chi connectivity index (χ0v) is 15.5. The molecule has 0 bridgehead atoms. The molecule has 1 N–H and O–H groups in total. The highest BCUT2D eigenvalue weighted by Gasteiger charge is 2.56. The Kier molecular flexibility index (Phi) is 4.47. The Labute approximate surface area is 157 Å². The van der Waals surface area contributed by atoms with Crippen molar-refractivity contribution >= 4 is 15.9 Å². The van der Waals surface area contributed by atoms with Crippen molar-refractivity contribution in [3.8, 4) is 0 Å². The summed E-state index contributed by atoms with van der Waals surface area (Å²) in [6.07, 6.45) is 5.30. The van der Waals surface area contributed by atoms with Crippen molar-refractivity contribution in [2.24, 2.45) is 5.41 Å². The summed E-state index contributed by atoms with van der Waals surface area (Å²) in [6.45, 7) is 0.663. The standard InChI is InChI=1S/C19H20FN3O3S/c20-15-3-1-2-4-16(15)27(25,26)23-11-7-19(8-12-23)13-17(19)22-18(24)14-5-9-21-10-6-14/h1-6,9-10,17H,7-8,11-13H2,(H,22,24). The van der Waals surface area contributed by atoms with E-state index in [2.05, 4.69) is 10.3 Å². The van der Waals surface area contributed by atoms with Crippen molar-refractivity contribution < 1.29 is 17.6 Å². The van der Waals surface area contributed by atoms with Crippen LogP contribution in [0.15, 0.2) is 53.7 Å². The Morgan fingerprint density at radius 2 is 1.81 bits per heavy atom. The zero-order chi connectivity index (χ0) is 19.1. The van der Waals surface area contributed by atoms with Gasteiger partial charge in [-0.2, -0.15) is 4.31 Å². The molecule has 1 aromatic carbocycles. The van der Waals surface area contributed by atoms with Crippen molar-refractivity contribution in [2.75, 3.05) is 13.1 Å². The smallest absolute Gasteiger partial charge is 0.251 e. The second kappa shape index (κ2) is 6.69. The lowest BCUT2D eigenvalue weighted by molar-refractivity contribution is 0.0940. The van der Waals surface area contributed by atoms with Gasteiger partial charge in [-0.1, -0.05) is 12.1 Å². The maximum absolute atomic E-state index is 13.9. The maximum atomic E-state index is 13.9. The molecule has 1 unspecified atom stereocenters. The number of carbonyl (C=O) groups excluding carboxylic acids is 1. The molecule has 1 spiro atoms. The Hall–Kier alpha value is -2.32. The van der Waals surface area contributed by atoms with E-state index in [0.29, 0.717) is 31.5 Å². The minimum Gasteiger partial charge on any atom is -0.349 e. The van der Waals surface area contributed by atoms with Crippen LogP contribution in [0.2, 0.25) is 0 Å². The second-order valence-electron chi connectivity index (χ2n) is 7.16. The van der Waals surface area contributed by atoms with E-state index in [-0.39, 0.29) is 22.3 Å². The number of rotatable bonds is 4. The topological polar surface area (TPSA) is 79.4 Å². The molecule has 27 heavy (non-hydrogen) atoms. The molecule has 2 aromatic rings. The average Bonchev–Trinajstić information content (AvgIpc) is 3.33. The van der Waals surface area contributed by atoms with Gasteiger partial charge in [-0.15, -0.1) is 0 Å². The molecule has 6 nitrogen and oxygen atoms in total. The van der Waals surface area contributed by atoms with Crippen LogP contribution < -0.4 is 5.32 Å². The van der Waals surface area contributed by atoms with Crippen molar-refractivity contribution in [3.63, 3.8) is 0 Å². The fourth-order valence-corrected chi connectivity index (χ4v) is 5.32. The fraction of sp³-hybridized carbons (Fsp3) is 0.368. The van der Waals surface area contributed by atoms with Crippen molar-refractivity contribution in [3.05, 3.63) is 60.2 Å². The molecule has 1 aliphatic heterocycles. The highest BCUT2D eigenvalue weighted by atomic mass is 32.2. The van der Waals surface area contributed by atoms with Gasteiger partial charge in [0.2, 0.25) is 10.0 Å². The summed E-state index contributed by atoms with van der Waals surface area (Å²) < 4.78 is 40.6. The number of halogens is 1. The van der Waals surface area contributed by atoms with E-state index < -0.39 is 15.8 Å². The van der Waals surface area contributed by atoms with Crippen molar-refractivity contribution in [2.45, 2.75) is 30.2 Å². The maximum Gasteiger partial charge on any atom is 0.251 e. The number of pyridine rings is 1. The molecule has 2 heterocycles. The molecular formula is C19H20FN3O3S.